The molecule has 1 aromatic heterocycles. The normalized spacial score (nSPS) is 31.2. The summed E-state index contributed by atoms with van der Waals surface area (Å²) >= 11 is 0. The second-order valence-electron chi connectivity index (χ2n) is 7.41. The number of nitrogens with zero attached hydrogens (tertiary/aromatic N) is 5. The van der Waals surface area contributed by atoms with Gasteiger partial charge in [-0.1, -0.05) is 0 Å². The maximum atomic E-state index is 5.63. The van der Waals surface area contributed by atoms with E-state index in [9.17, 15) is 0 Å². The lowest BCUT2D eigenvalue weighted by atomic mass is 10.1. The number of piperazine rings is 1. The standard InChI is InChI=1S/C17H29N5O/c1-19-5-7-20(8-6-19)10-15-11-21-4-3-18-17(21)13-22(12-15)16-2-9-23-14-16/h3-4,15-16H,2,5-14H2,1H3. The fraction of sp³-hybridized carbons (Fsp3) is 0.824. The molecule has 0 aliphatic carbocycles. The summed E-state index contributed by atoms with van der Waals surface area (Å²) in [6.07, 6.45) is 5.28. The Kier molecular flexibility index (Phi) is 4.66. The van der Waals surface area contributed by atoms with Crippen molar-refractivity contribution >= 4 is 0 Å². The first-order valence-electron chi connectivity index (χ1n) is 9.00. The molecule has 0 bridgehead atoms. The number of fused-ring (bicyclic) bond motifs is 1. The molecule has 4 rings (SSSR count). The third-order valence-electron chi connectivity index (χ3n) is 5.63. The molecule has 0 N–H and O–H groups in total. The van der Waals surface area contributed by atoms with Crippen molar-refractivity contribution in [3.05, 3.63) is 18.2 Å². The summed E-state index contributed by atoms with van der Waals surface area (Å²) in [6.45, 7) is 11.1. The highest BCUT2D eigenvalue weighted by atomic mass is 16.5. The van der Waals surface area contributed by atoms with Gasteiger partial charge in [0.25, 0.3) is 0 Å². The zero-order valence-electron chi connectivity index (χ0n) is 14.2. The Balaban J connectivity index is 1.45. The lowest BCUT2D eigenvalue weighted by Gasteiger charge is -2.36. The van der Waals surface area contributed by atoms with E-state index in [0.717, 1.165) is 26.3 Å². The summed E-state index contributed by atoms with van der Waals surface area (Å²) < 4.78 is 8.00. The number of hydrogen-bond donors (Lipinski definition) is 0. The topological polar surface area (TPSA) is 36.8 Å². The van der Waals surface area contributed by atoms with Gasteiger partial charge in [0.15, 0.2) is 0 Å². The van der Waals surface area contributed by atoms with Crippen molar-refractivity contribution in [3.63, 3.8) is 0 Å². The average molecular weight is 319 g/mol. The minimum absolute atomic E-state index is 0.577. The molecule has 2 unspecified atom stereocenters. The van der Waals surface area contributed by atoms with E-state index in [2.05, 4.69) is 37.5 Å². The van der Waals surface area contributed by atoms with Gasteiger partial charge in [-0.15, -0.1) is 0 Å². The molecular formula is C17H29N5O. The molecule has 1 aromatic rings. The molecule has 2 fully saturated rings. The van der Waals surface area contributed by atoms with Crippen LogP contribution in [0.25, 0.3) is 0 Å². The molecule has 6 nitrogen and oxygen atoms in total. The maximum Gasteiger partial charge on any atom is 0.122 e. The predicted octanol–water partition coefficient (Wildman–Crippen LogP) is 0.351. The first-order chi connectivity index (χ1) is 11.3. The van der Waals surface area contributed by atoms with Crippen LogP contribution in [0, 0.1) is 5.92 Å². The summed E-state index contributed by atoms with van der Waals surface area (Å²) in [5, 5.41) is 0. The van der Waals surface area contributed by atoms with Crippen LogP contribution in [0.3, 0.4) is 0 Å². The molecular weight excluding hydrogens is 290 g/mol. The molecule has 128 valence electrons. The number of ether oxygens (including phenoxy) is 1. The number of hydrogen-bond acceptors (Lipinski definition) is 5. The average Bonchev–Trinajstić information content (AvgIpc) is 3.19. The van der Waals surface area contributed by atoms with E-state index in [1.807, 2.05) is 6.20 Å². The Hall–Kier alpha value is -0.950. The van der Waals surface area contributed by atoms with Crippen LogP contribution in [0.15, 0.2) is 12.4 Å². The van der Waals surface area contributed by atoms with Gasteiger partial charge in [0.05, 0.1) is 13.2 Å². The van der Waals surface area contributed by atoms with Crippen LogP contribution in [0.4, 0.5) is 0 Å². The Labute approximate surface area is 139 Å². The summed E-state index contributed by atoms with van der Waals surface area (Å²) in [7, 11) is 2.22. The smallest absolute Gasteiger partial charge is 0.122 e. The highest BCUT2D eigenvalue weighted by molar-refractivity contribution is 4.97. The van der Waals surface area contributed by atoms with Crippen molar-refractivity contribution in [2.24, 2.45) is 5.92 Å². The van der Waals surface area contributed by atoms with Gasteiger partial charge in [-0.2, -0.15) is 0 Å². The van der Waals surface area contributed by atoms with Crippen LogP contribution < -0.4 is 0 Å². The van der Waals surface area contributed by atoms with E-state index in [0.29, 0.717) is 12.0 Å². The van der Waals surface area contributed by atoms with Crippen molar-refractivity contribution in [1.82, 2.24) is 24.3 Å². The van der Waals surface area contributed by atoms with Crippen molar-refractivity contribution in [1.29, 1.82) is 0 Å². The third kappa shape index (κ3) is 3.60. The zero-order valence-corrected chi connectivity index (χ0v) is 14.2. The van der Waals surface area contributed by atoms with E-state index in [1.165, 1.54) is 51.5 Å². The van der Waals surface area contributed by atoms with Crippen molar-refractivity contribution in [2.45, 2.75) is 25.6 Å². The van der Waals surface area contributed by atoms with Crippen LogP contribution in [0.5, 0.6) is 0 Å². The second kappa shape index (κ2) is 6.89. The molecule has 23 heavy (non-hydrogen) atoms. The SMILES string of the molecule is CN1CCN(CC2CN(C3CCOC3)Cc3nccn3C2)CC1. The summed E-state index contributed by atoms with van der Waals surface area (Å²) in [6, 6.07) is 0.577. The maximum absolute atomic E-state index is 5.63. The van der Waals surface area contributed by atoms with Gasteiger partial charge in [-0.25, -0.2) is 4.98 Å². The first kappa shape index (κ1) is 15.6. The zero-order chi connectivity index (χ0) is 15.6. The van der Waals surface area contributed by atoms with E-state index < -0.39 is 0 Å². The Bertz CT molecular complexity index is 505. The molecule has 2 atom stereocenters. The van der Waals surface area contributed by atoms with E-state index in [4.69, 9.17) is 4.74 Å². The molecule has 0 saturated carbocycles. The van der Waals surface area contributed by atoms with Crippen LogP contribution in [-0.2, 0) is 17.8 Å². The van der Waals surface area contributed by atoms with Gasteiger partial charge >= 0.3 is 0 Å². The largest absolute Gasteiger partial charge is 0.380 e. The van der Waals surface area contributed by atoms with Crippen molar-refractivity contribution in [2.75, 3.05) is 59.5 Å². The quantitative estimate of drug-likeness (QED) is 0.804. The van der Waals surface area contributed by atoms with Gasteiger partial charge in [-0.05, 0) is 13.5 Å². The van der Waals surface area contributed by atoms with Crippen LogP contribution in [-0.4, -0.2) is 89.8 Å². The molecule has 0 spiro atoms. The highest BCUT2D eigenvalue weighted by Crippen LogP contribution is 2.22. The van der Waals surface area contributed by atoms with E-state index >= 15 is 0 Å². The molecule has 6 heteroatoms. The molecule has 3 aliphatic heterocycles. The summed E-state index contributed by atoms with van der Waals surface area (Å²) in [4.78, 5) is 12.3. The fourth-order valence-corrected chi connectivity index (χ4v) is 4.17. The monoisotopic (exact) mass is 319 g/mol. The molecule has 0 amide bonds. The predicted molar refractivity (Wildman–Crippen MR) is 89.3 cm³/mol. The number of likely N-dealkylation sites (N-methyl/N-ethyl adjacent to an activating group) is 1. The molecule has 0 aromatic carbocycles. The minimum Gasteiger partial charge on any atom is -0.380 e. The van der Waals surface area contributed by atoms with Crippen LogP contribution >= 0.6 is 0 Å². The number of imidazole rings is 1. The van der Waals surface area contributed by atoms with Crippen LogP contribution in [0.1, 0.15) is 12.2 Å². The Morgan fingerprint density at radius 2 is 2.09 bits per heavy atom. The lowest BCUT2D eigenvalue weighted by Crippen LogP contribution is -2.48. The second-order valence-corrected chi connectivity index (χ2v) is 7.41. The minimum atomic E-state index is 0.577. The molecule has 0 radical (unpaired) electrons. The van der Waals surface area contributed by atoms with E-state index in [-0.39, 0.29) is 0 Å². The van der Waals surface area contributed by atoms with Gasteiger partial charge in [0.1, 0.15) is 5.82 Å². The third-order valence-corrected chi connectivity index (χ3v) is 5.63. The summed E-state index contributed by atoms with van der Waals surface area (Å²) in [5.74, 6) is 1.90. The molecule has 2 saturated heterocycles. The van der Waals surface area contributed by atoms with Gasteiger partial charge in [0.2, 0.25) is 0 Å². The number of rotatable bonds is 3. The molecule has 4 heterocycles. The lowest BCUT2D eigenvalue weighted by molar-refractivity contribution is 0.0968. The Morgan fingerprint density at radius 1 is 1.22 bits per heavy atom. The van der Waals surface area contributed by atoms with Crippen molar-refractivity contribution < 1.29 is 4.74 Å². The Morgan fingerprint density at radius 3 is 2.87 bits per heavy atom. The number of aromatic nitrogens is 2. The van der Waals surface area contributed by atoms with Crippen LogP contribution in [0.2, 0.25) is 0 Å². The molecule has 3 aliphatic rings. The van der Waals surface area contributed by atoms with Crippen molar-refractivity contribution in [3.8, 4) is 0 Å². The van der Waals surface area contributed by atoms with Gasteiger partial charge in [0, 0.05) is 76.8 Å². The van der Waals surface area contributed by atoms with E-state index in [1.54, 1.807) is 0 Å². The fourth-order valence-electron chi connectivity index (χ4n) is 4.17. The van der Waals surface area contributed by atoms with Gasteiger partial charge in [-0.3, -0.25) is 4.90 Å². The first-order valence-corrected chi connectivity index (χ1v) is 9.00. The van der Waals surface area contributed by atoms with Gasteiger partial charge < -0.3 is 19.1 Å². The summed E-state index contributed by atoms with van der Waals surface area (Å²) in [5.41, 5.74) is 0. The highest BCUT2D eigenvalue weighted by Gasteiger charge is 2.30.